The minimum Gasteiger partial charge on any atom is -0.382 e. The van der Waals surface area contributed by atoms with Crippen molar-refractivity contribution < 1.29 is 4.79 Å². The molecule has 0 spiro atoms. The molecule has 4 N–H and O–H groups in total. The van der Waals surface area contributed by atoms with Crippen molar-refractivity contribution in [2.45, 2.75) is 19.5 Å². The maximum absolute atomic E-state index is 12.8. The first-order valence-electron chi connectivity index (χ1n) is 10.3. The number of urea groups is 1. The average Bonchev–Trinajstić information content (AvgIpc) is 3.10. The van der Waals surface area contributed by atoms with Crippen LogP contribution in [0.25, 0.3) is 11.3 Å². The Morgan fingerprint density at radius 2 is 1.62 bits per heavy atom. The van der Waals surface area contributed by atoms with Crippen LogP contribution in [0.5, 0.6) is 0 Å². The molecule has 0 saturated heterocycles. The van der Waals surface area contributed by atoms with Crippen molar-refractivity contribution in [3.05, 3.63) is 101 Å². The van der Waals surface area contributed by atoms with E-state index >= 15 is 0 Å². The van der Waals surface area contributed by atoms with Crippen LogP contribution in [0.4, 0.5) is 16.3 Å². The summed E-state index contributed by atoms with van der Waals surface area (Å²) >= 11 is 6.05. The number of nitrogens with one attached hydrogen (secondary N) is 2. The summed E-state index contributed by atoms with van der Waals surface area (Å²) < 4.78 is 1.69. The average molecular weight is 446 g/mol. The highest BCUT2D eigenvalue weighted by Crippen LogP contribution is 2.33. The maximum Gasteiger partial charge on any atom is 0.319 e. The molecule has 4 aromatic rings. The number of halogens is 1. The van der Waals surface area contributed by atoms with E-state index in [1.807, 2.05) is 79.7 Å². The predicted molar refractivity (Wildman–Crippen MR) is 130 cm³/mol. The van der Waals surface area contributed by atoms with Crippen molar-refractivity contribution in [2.75, 3.05) is 11.1 Å². The third-order valence-electron chi connectivity index (χ3n) is 5.17. The fourth-order valence-corrected chi connectivity index (χ4v) is 3.58. The lowest BCUT2D eigenvalue weighted by Gasteiger charge is -2.15. The lowest BCUT2D eigenvalue weighted by molar-refractivity contribution is 0.249. The number of hydrogen-bond acceptors (Lipinski definition) is 3. The van der Waals surface area contributed by atoms with Gasteiger partial charge >= 0.3 is 6.03 Å². The van der Waals surface area contributed by atoms with E-state index in [1.54, 1.807) is 16.8 Å². The van der Waals surface area contributed by atoms with Crippen LogP contribution in [0.2, 0.25) is 5.02 Å². The Labute approximate surface area is 192 Å². The van der Waals surface area contributed by atoms with Gasteiger partial charge in [-0.15, -0.1) is 0 Å². The van der Waals surface area contributed by atoms with Gasteiger partial charge in [0.2, 0.25) is 0 Å². The van der Waals surface area contributed by atoms with E-state index < -0.39 is 0 Å². The van der Waals surface area contributed by atoms with Crippen molar-refractivity contribution in [3.63, 3.8) is 0 Å². The smallest absolute Gasteiger partial charge is 0.319 e. The standard InChI is InChI=1S/C25H24ClN5O/c1-17(19-10-6-3-7-11-19)28-25(32)29-23-22(20-12-14-21(26)15-13-20)30-31(24(23)27)16-18-8-4-2-5-9-18/h2-15,17H,16,27H2,1H3,(H2,28,29,32)/t17-/m0/s1. The summed E-state index contributed by atoms with van der Waals surface area (Å²) in [7, 11) is 0. The van der Waals surface area contributed by atoms with Gasteiger partial charge in [0.15, 0.2) is 0 Å². The second-order valence-corrected chi connectivity index (χ2v) is 7.93. The van der Waals surface area contributed by atoms with Crippen LogP contribution in [0.15, 0.2) is 84.9 Å². The second kappa shape index (κ2) is 9.58. The highest BCUT2D eigenvalue weighted by Gasteiger charge is 2.20. The zero-order valence-corrected chi connectivity index (χ0v) is 18.4. The molecule has 1 heterocycles. The number of benzene rings is 3. The molecule has 3 aromatic carbocycles. The van der Waals surface area contributed by atoms with E-state index in [0.717, 1.165) is 16.7 Å². The molecule has 1 aromatic heterocycles. The van der Waals surface area contributed by atoms with E-state index in [2.05, 4.69) is 10.6 Å². The van der Waals surface area contributed by atoms with Crippen molar-refractivity contribution in [1.82, 2.24) is 15.1 Å². The van der Waals surface area contributed by atoms with E-state index in [4.69, 9.17) is 22.4 Å². The Balaban J connectivity index is 1.63. The Morgan fingerprint density at radius 1 is 1.00 bits per heavy atom. The van der Waals surface area contributed by atoms with Gasteiger partial charge in [0.25, 0.3) is 0 Å². The Hall–Kier alpha value is -3.77. The SMILES string of the molecule is C[C@H](NC(=O)Nc1c(-c2ccc(Cl)cc2)nn(Cc2ccccc2)c1N)c1ccccc1. The van der Waals surface area contributed by atoms with Crippen molar-refractivity contribution in [2.24, 2.45) is 0 Å². The minimum absolute atomic E-state index is 0.171. The maximum atomic E-state index is 12.8. The first-order chi connectivity index (χ1) is 15.5. The number of hydrogen-bond donors (Lipinski definition) is 3. The molecule has 1 atom stereocenters. The molecule has 0 fully saturated rings. The zero-order valence-electron chi connectivity index (χ0n) is 17.6. The predicted octanol–water partition coefficient (Wildman–Crippen LogP) is 5.72. The lowest BCUT2D eigenvalue weighted by atomic mass is 10.1. The number of nitrogens with zero attached hydrogens (tertiary/aromatic N) is 2. The molecule has 4 rings (SSSR count). The summed E-state index contributed by atoms with van der Waals surface area (Å²) in [6.45, 7) is 2.41. The number of amides is 2. The van der Waals surface area contributed by atoms with Crippen LogP contribution in [0.3, 0.4) is 0 Å². The van der Waals surface area contributed by atoms with Gasteiger partial charge in [-0.1, -0.05) is 84.4 Å². The number of nitrogens with two attached hydrogens (primary N) is 1. The van der Waals surface area contributed by atoms with E-state index in [-0.39, 0.29) is 12.1 Å². The van der Waals surface area contributed by atoms with Gasteiger partial charge in [0.05, 0.1) is 12.6 Å². The van der Waals surface area contributed by atoms with Gasteiger partial charge < -0.3 is 16.4 Å². The Bertz CT molecular complexity index is 1190. The van der Waals surface area contributed by atoms with Crippen molar-refractivity contribution >= 4 is 29.1 Å². The fraction of sp³-hybridized carbons (Fsp3) is 0.120. The summed E-state index contributed by atoms with van der Waals surface area (Å²) in [5, 5.41) is 11.2. The lowest BCUT2D eigenvalue weighted by Crippen LogP contribution is -2.31. The highest BCUT2D eigenvalue weighted by molar-refractivity contribution is 6.30. The van der Waals surface area contributed by atoms with E-state index in [9.17, 15) is 4.79 Å². The number of aromatic nitrogens is 2. The zero-order chi connectivity index (χ0) is 22.5. The fourth-order valence-electron chi connectivity index (χ4n) is 3.46. The summed E-state index contributed by atoms with van der Waals surface area (Å²) in [5.41, 5.74) is 10.3. The molecule has 0 aliphatic carbocycles. The molecule has 162 valence electrons. The molecule has 0 bridgehead atoms. The number of anilines is 2. The number of rotatable bonds is 6. The topological polar surface area (TPSA) is 85.0 Å². The third kappa shape index (κ3) is 4.92. The van der Waals surface area contributed by atoms with Gasteiger partial charge in [0, 0.05) is 10.6 Å². The van der Waals surface area contributed by atoms with E-state index in [1.165, 1.54) is 0 Å². The summed E-state index contributed by atoms with van der Waals surface area (Å²) in [6.07, 6.45) is 0. The molecule has 0 aliphatic rings. The van der Waals surface area contributed by atoms with Crippen LogP contribution < -0.4 is 16.4 Å². The van der Waals surface area contributed by atoms with Gasteiger partial charge in [-0.3, -0.25) is 0 Å². The van der Waals surface area contributed by atoms with Gasteiger partial charge in [-0.2, -0.15) is 5.10 Å². The van der Waals surface area contributed by atoms with Crippen LogP contribution in [0.1, 0.15) is 24.1 Å². The van der Waals surface area contributed by atoms with Crippen molar-refractivity contribution in [1.29, 1.82) is 0 Å². The molecule has 0 saturated carbocycles. The summed E-state index contributed by atoms with van der Waals surface area (Å²) in [6, 6.07) is 26.4. The Morgan fingerprint density at radius 3 is 2.28 bits per heavy atom. The molecule has 7 heteroatoms. The van der Waals surface area contributed by atoms with Crippen molar-refractivity contribution in [3.8, 4) is 11.3 Å². The van der Waals surface area contributed by atoms with Crippen LogP contribution in [-0.2, 0) is 6.54 Å². The molecule has 2 amide bonds. The highest BCUT2D eigenvalue weighted by atomic mass is 35.5. The van der Waals surface area contributed by atoms with Gasteiger partial charge in [-0.25, -0.2) is 9.48 Å². The largest absolute Gasteiger partial charge is 0.382 e. The monoisotopic (exact) mass is 445 g/mol. The quantitative estimate of drug-likeness (QED) is 0.355. The first kappa shape index (κ1) is 21.5. The molecular formula is C25H24ClN5O. The molecule has 0 unspecified atom stereocenters. The number of nitrogen functional groups attached to an aromatic ring is 1. The third-order valence-corrected chi connectivity index (χ3v) is 5.42. The van der Waals surface area contributed by atoms with Crippen LogP contribution >= 0.6 is 11.6 Å². The second-order valence-electron chi connectivity index (χ2n) is 7.49. The van der Waals surface area contributed by atoms with Crippen LogP contribution in [-0.4, -0.2) is 15.8 Å². The minimum atomic E-state index is -0.359. The summed E-state index contributed by atoms with van der Waals surface area (Å²) in [5.74, 6) is 0.376. The molecule has 6 nitrogen and oxygen atoms in total. The molecule has 0 radical (unpaired) electrons. The van der Waals surface area contributed by atoms with Gasteiger partial charge in [0.1, 0.15) is 17.2 Å². The van der Waals surface area contributed by atoms with Crippen LogP contribution in [0, 0.1) is 0 Å². The Kier molecular flexibility index (Phi) is 6.42. The van der Waals surface area contributed by atoms with E-state index in [0.29, 0.717) is 28.8 Å². The molecular weight excluding hydrogens is 422 g/mol. The first-order valence-corrected chi connectivity index (χ1v) is 10.7. The number of carbonyl (C=O) groups excluding carboxylic acids is 1. The molecule has 32 heavy (non-hydrogen) atoms. The molecule has 0 aliphatic heterocycles. The normalized spacial score (nSPS) is 11.7. The summed E-state index contributed by atoms with van der Waals surface area (Å²) in [4.78, 5) is 12.8. The number of carbonyl (C=O) groups is 1. The van der Waals surface area contributed by atoms with Gasteiger partial charge in [-0.05, 0) is 30.2 Å².